The van der Waals surface area contributed by atoms with Gasteiger partial charge in [-0.15, -0.1) is 0 Å². The van der Waals surface area contributed by atoms with Crippen LogP contribution in [0.15, 0.2) is 54.6 Å². The van der Waals surface area contributed by atoms with Gasteiger partial charge in [0.25, 0.3) is 0 Å². The average molecular weight is 1360 g/mol. The zero-order valence-corrected chi connectivity index (χ0v) is 56.1. The van der Waals surface area contributed by atoms with Crippen molar-refractivity contribution in [3.05, 3.63) is 60.2 Å². The fraction of sp³-hybridized carbons (Fsp3) is 0.803. The van der Waals surface area contributed by atoms with Crippen molar-refractivity contribution in [1.82, 2.24) is 9.80 Å². The van der Waals surface area contributed by atoms with Crippen LogP contribution in [0, 0.1) is 11.8 Å². The third-order valence-electron chi connectivity index (χ3n) is 17.7. The molecule has 2 aromatic carbocycles. The number of hydrogen-bond acceptors (Lipinski definition) is 2. The van der Waals surface area contributed by atoms with Crippen LogP contribution in [-0.2, 0) is 74.5 Å². The van der Waals surface area contributed by atoms with E-state index in [9.17, 15) is 13.2 Å². The number of nitrogens with zero attached hydrogens (tertiary/aromatic N) is 2. The molecule has 0 radical (unpaired) electrons. The maximum Gasteiger partial charge on any atom is 0.416 e. The molecule has 0 saturated heterocycles. The Balaban J connectivity index is 0.000000506. The summed E-state index contributed by atoms with van der Waals surface area (Å²) < 4.78 is 38.9. The Labute approximate surface area is 514 Å². The Hall–Kier alpha value is 2.05. The van der Waals surface area contributed by atoms with Gasteiger partial charge in [0.1, 0.15) is 0 Å². The molecule has 0 spiro atoms. The first kappa shape index (κ1) is 74.1. The molecular weight excluding hydrogens is 1260 g/mol. The third kappa shape index (κ3) is 25.7. The van der Waals surface area contributed by atoms with E-state index in [0.717, 1.165) is 32.9 Å². The van der Waals surface area contributed by atoms with Gasteiger partial charge in [-0.25, -0.2) is 0 Å². The molecule has 8 saturated carbocycles. The zero-order chi connectivity index (χ0) is 50.3. The van der Waals surface area contributed by atoms with Crippen molar-refractivity contribution in [2.45, 2.75) is 270 Å². The molecule has 8 fully saturated rings. The van der Waals surface area contributed by atoms with Crippen molar-refractivity contribution in [1.29, 1.82) is 0 Å². The predicted molar refractivity (Wildman–Crippen MR) is 313 cm³/mol. The maximum atomic E-state index is 13.0. The molecule has 0 aromatic heterocycles. The van der Waals surface area contributed by atoms with E-state index in [1.165, 1.54) is 223 Å². The smallest absolute Gasteiger partial charge is 0.306 e. The molecule has 10 rings (SSSR count). The van der Waals surface area contributed by atoms with Crippen LogP contribution < -0.4 is 10.6 Å². The quantitative estimate of drug-likeness (QED) is 0.133. The third-order valence-corrected chi connectivity index (χ3v) is 26.6. The monoisotopic (exact) mass is 1360 g/mol. The molecule has 8 aliphatic carbocycles. The van der Waals surface area contributed by atoms with Crippen molar-refractivity contribution in [3.8, 4) is 0 Å². The molecule has 74 heavy (non-hydrogen) atoms. The fourth-order valence-corrected chi connectivity index (χ4v) is 22.6. The van der Waals surface area contributed by atoms with E-state index < -0.39 is 19.7 Å². The van der Waals surface area contributed by atoms with Crippen LogP contribution >= 0.6 is 47.7 Å². The first-order chi connectivity index (χ1) is 33.8. The van der Waals surface area contributed by atoms with E-state index in [0.29, 0.717) is 23.3 Å². The number of alkyl halides is 5. The van der Waals surface area contributed by atoms with E-state index in [-0.39, 0.29) is 76.2 Å². The van der Waals surface area contributed by atoms with Crippen LogP contribution in [0.25, 0.3) is 0 Å². The van der Waals surface area contributed by atoms with Gasteiger partial charge < -0.3 is 9.80 Å². The summed E-state index contributed by atoms with van der Waals surface area (Å²) in [5.74, 6) is 1.57. The summed E-state index contributed by atoms with van der Waals surface area (Å²) in [6.07, 6.45) is 41.3. The first-order valence-corrected chi connectivity index (χ1v) is 33.9. The molecule has 0 aliphatic heterocycles. The zero-order valence-electron chi connectivity index (χ0n) is 46.7. The predicted octanol–water partition coefficient (Wildman–Crippen LogP) is 19.3. The summed E-state index contributed by atoms with van der Waals surface area (Å²) in [6, 6.07) is 19.0. The number of benzene rings is 2. The fourth-order valence-electron chi connectivity index (χ4n) is 13.2. The molecule has 0 N–H and O–H groups in total. The molecule has 8 aliphatic rings. The van der Waals surface area contributed by atoms with E-state index in [2.05, 4.69) is 114 Å². The van der Waals surface area contributed by atoms with Crippen molar-refractivity contribution in [2.24, 2.45) is 11.8 Å². The molecular formula is C61H101Br2F3Fe4N2P2. The van der Waals surface area contributed by atoms with Crippen LogP contribution in [0.4, 0.5) is 13.2 Å². The molecule has 8 atom stereocenters. The second-order valence-electron chi connectivity index (χ2n) is 23.1. The van der Waals surface area contributed by atoms with E-state index >= 15 is 0 Å². The van der Waals surface area contributed by atoms with Gasteiger partial charge in [-0.3, -0.25) is 0 Å². The van der Waals surface area contributed by atoms with Crippen LogP contribution in [0.3, 0.4) is 0 Å². The Bertz CT molecular complexity index is 1600. The Kier molecular flexibility index (Phi) is 41.1. The topological polar surface area (TPSA) is 6.48 Å². The first-order valence-electron chi connectivity index (χ1n) is 29.2. The van der Waals surface area contributed by atoms with Gasteiger partial charge in [-0.1, -0.05) is 219 Å². The second-order valence-corrected chi connectivity index (χ2v) is 31.1. The van der Waals surface area contributed by atoms with E-state index in [1.54, 1.807) is 17.4 Å². The Morgan fingerprint density at radius 3 is 0.973 bits per heavy atom. The van der Waals surface area contributed by atoms with Crippen molar-refractivity contribution in [2.75, 3.05) is 28.2 Å². The molecule has 13 heteroatoms. The molecule has 0 bridgehead atoms. The van der Waals surface area contributed by atoms with Gasteiger partial charge in [-0.05, 0) is 176 Å². The summed E-state index contributed by atoms with van der Waals surface area (Å²) in [4.78, 5) is 6.49. The minimum absolute atomic E-state index is 0. The van der Waals surface area contributed by atoms with Crippen LogP contribution in [0.2, 0.25) is 0 Å². The van der Waals surface area contributed by atoms with E-state index in [4.69, 9.17) is 0 Å². The van der Waals surface area contributed by atoms with Crippen molar-refractivity contribution >= 4 is 58.3 Å². The van der Waals surface area contributed by atoms with Crippen LogP contribution in [0.5, 0.6) is 0 Å². The van der Waals surface area contributed by atoms with E-state index in [1.807, 2.05) is 0 Å². The van der Waals surface area contributed by atoms with Gasteiger partial charge in [0.2, 0.25) is 0 Å². The average Bonchev–Trinajstić information content (AvgIpc) is 4.20. The molecule has 432 valence electrons. The Morgan fingerprint density at radius 1 is 0.405 bits per heavy atom. The van der Waals surface area contributed by atoms with Crippen LogP contribution in [0.1, 0.15) is 225 Å². The van der Waals surface area contributed by atoms with Crippen molar-refractivity contribution < 1.29 is 81.4 Å². The Morgan fingerprint density at radius 2 is 0.703 bits per heavy atom. The standard InChI is InChI=1S/C21H31F3NP.C20H32NP.2C5H9Br.2C5H10.4Fe/c1-15(25(2)3)19-9-6-10-20(19)26(17-7-4-5-8-17)18-13-11-16(12-14-18)21(22,23)24;1-16(21(2)3)19-14-9-15-20(19)22(18-12-7-8-13-18)17-10-5-4-6-11-17;2*6-5-3-1-2-4-5;2*1-2-4-5-3-1;;;;/h11-15,17,19-20H,4-10H2,1-3H3;4-6,10-11,16,18-20H,7-9,12-15H2,1-3H3;2*5H,1-4H2;2*1-5H2;;;;/t15-,19?,20?,26?;16-,19?,20?,22+;;;;;;;;/m11......../s1. The SMILES string of the molecule is BrC1CCCC1.BrC1CCCC1.C1CCCC1.C1CCCC1.C[C@H](C1CCCC1P(c1ccc(C(F)(F)F)cc1)C1CCCC1)N(C)C.C[C@H](C1CCCC1[P@@](c1ccccc1)C1CCCC1)N(C)C.[Fe].[Fe].[Fe].[Fe]. The van der Waals surface area contributed by atoms with Crippen molar-refractivity contribution in [3.63, 3.8) is 0 Å². The number of rotatable bonds is 10. The summed E-state index contributed by atoms with van der Waals surface area (Å²) in [6.45, 7) is 4.77. The molecule has 2 aromatic rings. The largest absolute Gasteiger partial charge is 0.416 e. The summed E-state index contributed by atoms with van der Waals surface area (Å²) in [5, 5.41) is 2.88. The molecule has 2 nitrogen and oxygen atoms in total. The summed E-state index contributed by atoms with van der Waals surface area (Å²) >= 11 is 7.08. The van der Waals surface area contributed by atoms with Crippen LogP contribution in [-0.4, -0.2) is 82.4 Å². The van der Waals surface area contributed by atoms with Gasteiger partial charge in [0.15, 0.2) is 0 Å². The van der Waals surface area contributed by atoms with Gasteiger partial charge in [0.05, 0.1) is 5.56 Å². The number of hydrogen-bond donors (Lipinski definition) is 0. The maximum absolute atomic E-state index is 13.0. The number of halogens is 5. The normalized spacial score (nSPS) is 25.6. The van der Waals surface area contributed by atoms with Gasteiger partial charge in [-0.2, -0.15) is 13.2 Å². The summed E-state index contributed by atoms with van der Waals surface area (Å²) in [5.41, 5.74) is 2.78. The molecule has 0 heterocycles. The molecule has 5 unspecified atom stereocenters. The van der Waals surface area contributed by atoms with Gasteiger partial charge in [0, 0.05) is 90.0 Å². The summed E-state index contributed by atoms with van der Waals surface area (Å²) in [7, 11) is 8.45. The molecule has 0 amide bonds. The minimum Gasteiger partial charge on any atom is -0.306 e. The van der Waals surface area contributed by atoms with Gasteiger partial charge >= 0.3 is 6.18 Å². The minimum atomic E-state index is -4.25. The second kappa shape index (κ2) is 41.1.